The van der Waals surface area contributed by atoms with Crippen LogP contribution in [0.2, 0.25) is 0 Å². The van der Waals surface area contributed by atoms with Crippen molar-refractivity contribution in [2.45, 2.75) is 27.2 Å². The van der Waals surface area contributed by atoms with Crippen molar-refractivity contribution in [3.63, 3.8) is 0 Å². The number of para-hydroxylation sites is 2. The fourth-order valence-corrected chi connectivity index (χ4v) is 8.05. The van der Waals surface area contributed by atoms with Crippen molar-refractivity contribution in [2.75, 3.05) is 0 Å². The van der Waals surface area contributed by atoms with Gasteiger partial charge in [0.1, 0.15) is 33.3 Å². The van der Waals surface area contributed by atoms with E-state index in [1.807, 2.05) is 74.7 Å². The molecule has 0 aliphatic carbocycles. The zero-order valence-electron chi connectivity index (χ0n) is 33.9. The summed E-state index contributed by atoms with van der Waals surface area (Å²) < 4.78 is 18.4. The first-order valence-corrected chi connectivity index (χ1v) is 20.4. The molecule has 0 bridgehead atoms. The van der Waals surface area contributed by atoms with Crippen molar-refractivity contribution < 1.29 is 13.3 Å². The van der Waals surface area contributed by atoms with Crippen molar-refractivity contribution >= 4 is 78.6 Å². The summed E-state index contributed by atoms with van der Waals surface area (Å²) in [6.07, 6.45) is 12.5. The van der Waals surface area contributed by atoms with E-state index >= 15 is 0 Å². The Hall–Kier alpha value is -7.63. The van der Waals surface area contributed by atoms with Gasteiger partial charge in [0.2, 0.25) is 0 Å². The number of benzene rings is 6. The van der Waals surface area contributed by atoms with Crippen LogP contribution in [0.25, 0.3) is 101 Å². The van der Waals surface area contributed by atoms with Gasteiger partial charge in [-0.1, -0.05) is 105 Å². The minimum atomic E-state index is 0.633. The lowest BCUT2D eigenvalue weighted by atomic mass is 9.96. The highest BCUT2D eigenvalue weighted by Gasteiger charge is 2.13. The monoisotopic (exact) mass is 780 g/mol. The number of aromatic nitrogens is 1. The average molecular weight is 781 g/mol. The van der Waals surface area contributed by atoms with Crippen LogP contribution in [0.5, 0.6) is 0 Å². The van der Waals surface area contributed by atoms with Crippen LogP contribution < -0.4 is 16.4 Å². The van der Waals surface area contributed by atoms with E-state index < -0.39 is 0 Å². The van der Waals surface area contributed by atoms with Crippen molar-refractivity contribution in [3.05, 3.63) is 198 Å². The molecule has 6 aromatic carbocycles. The summed E-state index contributed by atoms with van der Waals surface area (Å²) in [6, 6.07) is 48.2. The van der Waals surface area contributed by atoms with Crippen LogP contribution in [-0.2, 0) is 6.42 Å². The highest BCUT2D eigenvalue weighted by molar-refractivity contribution is 6.08. The second kappa shape index (κ2) is 16.3. The first-order chi connectivity index (χ1) is 29.5. The van der Waals surface area contributed by atoms with Crippen LogP contribution in [0.3, 0.4) is 0 Å². The normalized spacial score (nSPS) is 12.7. The fraction of sp³-hybridized carbons (Fsp3) is 0.0727. The fourth-order valence-electron chi connectivity index (χ4n) is 8.05. The molecule has 0 saturated heterocycles. The molecule has 0 aliphatic heterocycles. The number of nitrogens with zero attached hydrogens (tertiary/aromatic N) is 1. The third kappa shape index (κ3) is 7.11. The predicted octanol–water partition coefficient (Wildman–Crippen LogP) is 13.4. The lowest BCUT2D eigenvalue weighted by Gasteiger charge is -2.07. The van der Waals surface area contributed by atoms with Gasteiger partial charge in [-0.2, -0.15) is 0 Å². The molecule has 0 atom stereocenters. The maximum atomic E-state index is 6.35. The molecule has 2 N–H and O–H groups in total. The smallest absolute Gasteiger partial charge is 0.135 e. The Kier molecular flexibility index (Phi) is 10.3. The summed E-state index contributed by atoms with van der Waals surface area (Å²) in [5.41, 5.74) is 20.6. The summed E-state index contributed by atoms with van der Waals surface area (Å²) >= 11 is 0. The van der Waals surface area contributed by atoms with Gasteiger partial charge in [-0.05, 0) is 137 Å². The topological polar surface area (TPSA) is 78.3 Å². The van der Waals surface area contributed by atoms with Gasteiger partial charge in [-0.3, -0.25) is 4.98 Å². The van der Waals surface area contributed by atoms with Gasteiger partial charge >= 0.3 is 0 Å². The maximum absolute atomic E-state index is 6.35. The standard InChI is InChI=1S/C53H38N2O3.C2H6/c1-3-34(29-45-33(2)56-49-13-6-4-11-43(45)49)36-9-8-10-37(27-36)39-17-22-53-48(32-39)47-30-38(16-20-52(47)58-53)35(23-25-54)15-19-42-28-41(24-26-55-42)40-18-21-51-46(31-40)44-12-5-7-14-50(44)57-51;1-2/h3-18,20-32H,2,19,54H2,1H3;1-2H3/b25-23-,34-3+,35-15+,45-29+;. The molecule has 10 rings (SSSR count). The summed E-state index contributed by atoms with van der Waals surface area (Å²) in [7, 11) is 0. The van der Waals surface area contributed by atoms with Crippen LogP contribution in [0, 0.1) is 0 Å². The molecule has 0 spiro atoms. The SMILES string of the molecule is C=c1oc2ccccc2/c1=C/C(=C\C)c1cccc(-c2ccc3oc4ccc(C(/C=C\N)=C/Cc5cc(-c6ccc7oc8ccccc8c7c6)ccn5)cc4c3c2)c1.CC. The van der Waals surface area contributed by atoms with E-state index in [4.69, 9.17) is 24.0 Å². The van der Waals surface area contributed by atoms with Gasteiger partial charge in [-0.15, -0.1) is 0 Å². The number of furan rings is 3. The van der Waals surface area contributed by atoms with E-state index in [0.29, 0.717) is 11.8 Å². The molecule has 60 heavy (non-hydrogen) atoms. The second-order valence-electron chi connectivity index (χ2n) is 14.5. The van der Waals surface area contributed by atoms with Crippen molar-refractivity contribution in [3.8, 4) is 22.3 Å². The lowest BCUT2D eigenvalue weighted by molar-refractivity contribution is 0.577. The van der Waals surface area contributed by atoms with Gasteiger partial charge in [0.25, 0.3) is 0 Å². The van der Waals surface area contributed by atoms with E-state index in [9.17, 15) is 0 Å². The molecular weight excluding hydrogens is 737 g/mol. The molecule has 292 valence electrons. The number of rotatable bonds is 8. The quantitative estimate of drug-likeness (QED) is 0.155. The molecule has 5 nitrogen and oxygen atoms in total. The number of hydrogen-bond acceptors (Lipinski definition) is 5. The van der Waals surface area contributed by atoms with Gasteiger partial charge in [0.05, 0.1) is 0 Å². The van der Waals surface area contributed by atoms with Crippen LogP contribution >= 0.6 is 0 Å². The number of pyridine rings is 1. The van der Waals surface area contributed by atoms with E-state index in [1.54, 1.807) is 6.20 Å². The third-order valence-corrected chi connectivity index (χ3v) is 11.0. The maximum Gasteiger partial charge on any atom is 0.135 e. The molecule has 0 saturated carbocycles. The largest absolute Gasteiger partial charge is 0.457 e. The number of fused-ring (bicyclic) bond motifs is 7. The first kappa shape index (κ1) is 37.9. The first-order valence-electron chi connectivity index (χ1n) is 20.4. The predicted molar refractivity (Wildman–Crippen MR) is 252 cm³/mol. The molecule has 0 amide bonds. The number of hydrogen-bond donors (Lipinski definition) is 1. The minimum Gasteiger partial charge on any atom is -0.457 e. The van der Waals surface area contributed by atoms with E-state index in [-0.39, 0.29) is 0 Å². The molecule has 0 aliphatic rings. The van der Waals surface area contributed by atoms with Gasteiger partial charge in [0, 0.05) is 50.5 Å². The van der Waals surface area contributed by atoms with E-state index in [1.165, 1.54) is 0 Å². The Labute approximate surface area is 348 Å². The zero-order valence-corrected chi connectivity index (χ0v) is 33.9. The highest BCUT2D eigenvalue weighted by Crippen LogP contribution is 2.36. The Morgan fingerprint density at radius 1 is 0.567 bits per heavy atom. The zero-order chi connectivity index (χ0) is 41.2. The Morgan fingerprint density at radius 3 is 1.87 bits per heavy atom. The van der Waals surface area contributed by atoms with Crippen molar-refractivity contribution in [1.82, 2.24) is 4.98 Å². The summed E-state index contributed by atoms with van der Waals surface area (Å²) in [5, 5.41) is 6.37. The molecule has 5 heteroatoms. The van der Waals surface area contributed by atoms with Gasteiger partial charge in [0.15, 0.2) is 0 Å². The molecule has 0 unspecified atom stereocenters. The van der Waals surface area contributed by atoms with Gasteiger partial charge in [-0.25, -0.2) is 0 Å². The Morgan fingerprint density at radius 2 is 1.15 bits per heavy atom. The Balaban J connectivity index is 0.00000228. The van der Waals surface area contributed by atoms with E-state index in [0.717, 1.165) is 110 Å². The number of nitrogens with two attached hydrogens (primary N) is 1. The Bertz CT molecular complexity index is 3430. The van der Waals surface area contributed by atoms with Gasteiger partial charge < -0.3 is 19.0 Å². The summed E-state index contributed by atoms with van der Waals surface area (Å²) in [5.74, 6) is 0. The number of allylic oxidation sites excluding steroid dienone is 5. The third-order valence-electron chi connectivity index (χ3n) is 11.0. The van der Waals surface area contributed by atoms with Crippen LogP contribution in [0.4, 0.5) is 0 Å². The van der Waals surface area contributed by atoms with Crippen LogP contribution in [0.15, 0.2) is 183 Å². The molecule has 0 fully saturated rings. The second-order valence-corrected chi connectivity index (χ2v) is 14.5. The lowest BCUT2D eigenvalue weighted by Crippen LogP contribution is -2.18. The van der Waals surface area contributed by atoms with Crippen LogP contribution in [0.1, 0.15) is 37.6 Å². The van der Waals surface area contributed by atoms with Crippen molar-refractivity contribution in [1.29, 1.82) is 0 Å². The van der Waals surface area contributed by atoms with E-state index in [2.05, 4.69) is 123 Å². The summed E-state index contributed by atoms with van der Waals surface area (Å²) in [6.45, 7) is 10.2. The summed E-state index contributed by atoms with van der Waals surface area (Å²) in [4.78, 5) is 4.72. The molecule has 4 aromatic heterocycles. The molecular formula is C55H44N2O3. The highest BCUT2D eigenvalue weighted by atomic mass is 16.3. The molecule has 0 radical (unpaired) electrons. The van der Waals surface area contributed by atoms with Crippen LogP contribution in [-0.4, -0.2) is 4.98 Å². The van der Waals surface area contributed by atoms with Crippen molar-refractivity contribution in [2.24, 2.45) is 5.73 Å². The average Bonchev–Trinajstić information content (AvgIpc) is 3.97. The molecule has 10 aromatic rings. The molecule has 4 heterocycles. The minimum absolute atomic E-state index is 0.633.